The summed E-state index contributed by atoms with van der Waals surface area (Å²) < 4.78 is 5.48. The molecule has 1 aromatic rings. The van der Waals surface area contributed by atoms with Crippen molar-refractivity contribution >= 4 is 11.7 Å². The van der Waals surface area contributed by atoms with Crippen molar-refractivity contribution in [3.05, 3.63) is 11.8 Å². The topological polar surface area (TPSA) is 67.0 Å². The van der Waals surface area contributed by atoms with Crippen molar-refractivity contribution < 1.29 is 9.53 Å². The molecule has 2 N–H and O–H groups in total. The summed E-state index contributed by atoms with van der Waals surface area (Å²) >= 11 is 0. The first kappa shape index (κ1) is 11.1. The number of rotatable bonds is 3. The van der Waals surface area contributed by atoms with E-state index in [2.05, 4.69) is 15.5 Å². The van der Waals surface area contributed by atoms with Crippen molar-refractivity contribution in [2.24, 2.45) is 0 Å². The van der Waals surface area contributed by atoms with E-state index < -0.39 is 0 Å². The second-order valence-corrected chi connectivity index (χ2v) is 4.13. The van der Waals surface area contributed by atoms with Gasteiger partial charge < -0.3 is 10.1 Å². The number of ether oxygens (including phenoxy) is 1. The first-order valence-corrected chi connectivity index (χ1v) is 5.69. The van der Waals surface area contributed by atoms with Crippen LogP contribution in [-0.2, 0) is 16.0 Å². The predicted octanol–water partition coefficient (Wildman–Crippen LogP) is 1.48. The molecule has 16 heavy (non-hydrogen) atoms. The summed E-state index contributed by atoms with van der Waals surface area (Å²) in [4.78, 5) is 11.8. The minimum absolute atomic E-state index is 0.0986. The first-order chi connectivity index (χ1) is 7.69. The highest BCUT2D eigenvalue weighted by Gasteiger charge is 2.28. The molecule has 1 saturated heterocycles. The number of anilines is 1. The summed E-state index contributed by atoms with van der Waals surface area (Å²) in [7, 11) is 0. The number of H-pyrrole nitrogens is 1. The largest absolute Gasteiger partial charge is 0.365 e. The lowest BCUT2D eigenvalue weighted by Gasteiger charge is -2.09. The smallest absolute Gasteiger partial charge is 0.254 e. The fourth-order valence-electron chi connectivity index (χ4n) is 1.81. The van der Waals surface area contributed by atoms with Crippen LogP contribution in [0, 0.1) is 0 Å². The number of carbonyl (C=O) groups excluding carboxylic acids is 1. The third-order valence-electron chi connectivity index (χ3n) is 2.79. The van der Waals surface area contributed by atoms with Crippen molar-refractivity contribution in [3.63, 3.8) is 0 Å². The maximum absolute atomic E-state index is 11.8. The van der Waals surface area contributed by atoms with Crippen LogP contribution >= 0.6 is 0 Å². The van der Waals surface area contributed by atoms with E-state index in [9.17, 15) is 4.79 Å². The average molecular weight is 223 g/mol. The van der Waals surface area contributed by atoms with Gasteiger partial charge in [-0.1, -0.05) is 6.92 Å². The Morgan fingerprint density at radius 3 is 3.06 bits per heavy atom. The predicted molar refractivity (Wildman–Crippen MR) is 60.2 cm³/mol. The van der Waals surface area contributed by atoms with Gasteiger partial charge in [0, 0.05) is 11.8 Å². The molecule has 2 unspecified atom stereocenters. The molecule has 2 rings (SSSR count). The molecule has 0 bridgehead atoms. The quantitative estimate of drug-likeness (QED) is 0.815. The molecular weight excluding hydrogens is 206 g/mol. The van der Waals surface area contributed by atoms with Crippen LogP contribution in [0.4, 0.5) is 5.82 Å². The number of carbonyl (C=O) groups is 1. The summed E-state index contributed by atoms with van der Waals surface area (Å²) in [5, 5.41) is 9.61. The molecule has 0 aliphatic carbocycles. The van der Waals surface area contributed by atoms with E-state index in [4.69, 9.17) is 4.74 Å². The summed E-state index contributed by atoms with van der Waals surface area (Å²) in [6.07, 6.45) is 2.47. The van der Waals surface area contributed by atoms with Gasteiger partial charge in [0.15, 0.2) is 5.82 Å². The van der Waals surface area contributed by atoms with Crippen molar-refractivity contribution in [2.75, 3.05) is 5.32 Å². The Kier molecular flexibility index (Phi) is 3.24. The molecule has 1 fully saturated rings. The van der Waals surface area contributed by atoms with Crippen molar-refractivity contribution in [3.8, 4) is 0 Å². The van der Waals surface area contributed by atoms with E-state index in [-0.39, 0.29) is 18.1 Å². The van der Waals surface area contributed by atoms with E-state index in [1.165, 1.54) is 0 Å². The molecule has 1 aliphatic rings. The molecule has 0 saturated carbocycles. The molecular formula is C11H17N3O2. The molecule has 1 aromatic heterocycles. The van der Waals surface area contributed by atoms with Crippen LogP contribution in [0.15, 0.2) is 6.07 Å². The van der Waals surface area contributed by atoms with E-state index >= 15 is 0 Å². The monoisotopic (exact) mass is 223 g/mol. The van der Waals surface area contributed by atoms with Gasteiger partial charge >= 0.3 is 0 Å². The third kappa shape index (κ3) is 2.41. The Bertz CT molecular complexity index is 375. The first-order valence-electron chi connectivity index (χ1n) is 5.69. The lowest BCUT2D eigenvalue weighted by molar-refractivity contribution is -0.126. The Morgan fingerprint density at radius 1 is 1.69 bits per heavy atom. The van der Waals surface area contributed by atoms with E-state index in [0.29, 0.717) is 5.82 Å². The van der Waals surface area contributed by atoms with Gasteiger partial charge in [-0.15, -0.1) is 0 Å². The van der Waals surface area contributed by atoms with E-state index in [1.54, 1.807) is 0 Å². The number of aromatic nitrogens is 2. The van der Waals surface area contributed by atoms with Crippen LogP contribution in [0.25, 0.3) is 0 Å². The molecule has 0 aromatic carbocycles. The van der Waals surface area contributed by atoms with E-state index in [1.807, 2.05) is 19.9 Å². The van der Waals surface area contributed by atoms with Gasteiger partial charge in [-0.2, -0.15) is 5.10 Å². The second-order valence-electron chi connectivity index (χ2n) is 4.13. The molecule has 0 radical (unpaired) electrons. The Balaban J connectivity index is 1.91. The number of amides is 1. The lowest BCUT2D eigenvalue weighted by Crippen LogP contribution is -2.27. The van der Waals surface area contributed by atoms with Crippen molar-refractivity contribution in [2.45, 2.75) is 45.3 Å². The molecule has 88 valence electrons. The van der Waals surface area contributed by atoms with Crippen LogP contribution in [0.5, 0.6) is 0 Å². The minimum atomic E-state index is -0.322. The van der Waals surface area contributed by atoms with Crippen LogP contribution in [-0.4, -0.2) is 28.3 Å². The molecule has 2 atom stereocenters. The van der Waals surface area contributed by atoms with Gasteiger partial charge in [0.05, 0.1) is 6.10 Å². The highest BCUT2D eigenvalue weighted by Crippen LogP contribution is 2.20. The number of nitrogens with zero attached hydrogens (tertiary/aromatic N) is 1. The molecule has 5 nitrogen and oxygen atoms in total. The maximum atomic E-state index is 11.8. The number of aryl methyl sites for hydroxylation is 1. The maximum Gasteiger partial charge on any atom is 0.254 e. The summed E-state index contributed by atoms with van der Waals surface area (Å²) in [5.74, 6) is 0.475. The zero-order valence-electron chi connectivity index (χ0n) is 9.62. The van der Waals surface area contributed by atoms with Crippen LogP contribution in [0.3, 0.4) is 0 Å². The van der Waals surface area contributed by atoms with E-state index in [0.717, 1.165) is 25.0 Å². The molecule has 1 amide bonds. The molecule has 0 spiro atoms. The highest BCUT2D eigenvalue weighted by atomic mass is 16.5. The average Bonchev–Trinajstić information content (AvgIpc) is 2.87. The molecule has 1 aliphatic heterocycles. The van der Waals surface area contributed by atoms with Gasteiger partial charge in [0.1, 0.15) is 6.10 Å². The second kappa shape index (κ2) is 4.65. The normalized spacial score (nSPS) is 24.6. The van der Waals surface area contributed by atoms with Gasteiger partial charge in [0.2, 0.25) is 0 Å². The fourth-order valence-corrected chi connectivity index (χ4v) is 1.81. The zero-order chi connectivity index (χ0) is 11.5. The van der Waals surface area contributed by atoms with Crippen LogP contribution in [0.1, 0.15) is 32.4 Å². The number of hydrogen-bond acceptors (Lipinski definition) is 3. The Labute approximate surface area is 94.6 Å². The van der Waals surface area contributed by atoms with Gasteiger partial charge in [-0.05, 0) is 26.2 Å². The Morgan fingerprint density at radius 2 is 2.50 bits per heavy atom. The van der Waals surface area contributed by atoms with Gasteiger partial charge in [-0.3, -0.25) is 9.89 Å². The van der Waals surface area contributed by atoms with Crippen molar-refractivity contribution in [1.29, 1.82) is 0 Å². The van der Waals surface area contributed by atoms with Gasteiger partial charge in [0.25, 0.3) is 5.91 Å². The SMILES string of the molecule is CCc1cc(NC(=O)C2CCC(C)O2)n[nH]1. The number of nitrogens with one attached hydrogen (secondary N) is 2. The van der Waals surface area contributed by atoms with Crippen LogP contribution < -0.4 is 5.32 Å². The Hall–Kier alpha value is -1.36. The molecule has 2 heterocycles. The summed E-state index contributed by atoms with van der Waals surface area (Å²) in [6.45, 7) is 4.01. The summed E-state index contributed by atoms with van der Waals surface area (Å²) in [6, 6.07) is 1.84. The zero-order valence-corrected chi connectivity index (χ0v) is 9.62. The highest BCUT2D eigenvalue weighted by molar-refractivity contribution is 5.93. The third-order valence-corrected chi connectivity index (χ3v) is 2.79. The standard InChI is InChI=1S/C11H17N3O2/c1-3-8-6-10(14-13-8)12-11(15)9-5-4-7(2)16-9/h6-7,9H,3-5H2,1-2H3,(H2,12,13,14,15). The minimum Gasteiger partial charge on any atom is -0.365 e. The fraction of sp³-hybridized carbons (Fsp3) is 0.636. The summed E-state index contributed by atoms with van der Waals surface area (Å²) in [5.41, 5.74) is 1.01. The van der Waals surface area contributed by atoms with Gasteiger partial charge in [-0.25, -0.2) is 0 Å². The molecule has 5 heteroatoms. The van der Waals surface area contributed by atoms with Crippen LogP contribution in [0.2, 0.25) is 0 Å². The number of aromatic amines is 1. The number of hydrogen-bond donors (Lipinski definition) is 2. The van der Waals surface area contributed by atoms with Crippen molar-refractivity contribution in [1.82, 2.24) is 10.2 Å². The lowest BCUT2D eigenvalue weighted by atomic mass is 10.2.